The molecule has 6 heteroatoms. The minimum absolute atomic E-state index is 0.464. The fourth-order valence-electron chi connectivity index (χ4n) is 3.24. The Morgan fingerprint density at radius 1 is 1.36 bits per heavy atom. The molecule has 1 saturated carbocycles. The SMILES string of the molecule is COC[C@@H]1C[C@H]1C#Cc1ccc(-c2cc(Cn3ccnc3C(C)O)no2)cc1. The Bertz CT molecular complexity index is 992. The van der Waals surface area contributed by atoms with Gasteiger partial charge in [0.15, 0.2) is 5.76 Å². The Balaban J connectivity index is 1.41. The van der Waals surface area contributed by atoms with Crippen LogP contribution in [0, 0.1) is 23.7 Å². The third-order valence-corrected chi connectivity index (χ3v) is 4.89. The molecule has 0 bridgehead atoms. The van der Waals surface area contributed by atoms with Crippen molar-refractivity contribution < 1.29 is 14.4 Å². The van der Waals surface area contributed by atoms with Crippen LogP contribution in [-0.2, 0) is 11.3 Å². The molecule has 1 aromatic carbocycles. The lowest BCUT2D eigenvalue weighted by Gasteiger charge is -2.07. The van der Waals surface area contributed by atoms with Gasteiger partial charge in [-0.15, -0.1) is 0 Å². The zero-order chi connectivity index (χ0) is 19.5. The normalized spacial score (nSPS) is 19.1. The first-order chi connectivity index (χ1) is 13.6. The maximum Gasteiger partial charge on any atom is 0.167 e. The van der Waals surface area contributed by atoms with E-state index in [-0.39, 0.29) is 0 Å². The predicted molar refractivity (Wildman–Crippen MR) is 104 cm³/mol. The van der Waals surface area contributed by atoms with Gasteiger partial charge >= 0.3 is 0 Å². The van der Waals surface area contributed by atoms with Crippen molar-refractivity contribution in [3.05, 3.63) is 59.8 Å². The fourth-order valence-corrected chi connectivity index (χ4v) is 3.24. The minimum Gasteiger partial charge on any atom is -0.385 e. The molecule has 3 atom stereocenters. The van der Waals surface area contributed by atoms with Gasteiger partial charge in [-0.05, 0) is 43.5 Å². The lowest BCUT2D eigenvalue weighted by Crippen LogP contribution is -2.07. The molecule has 3 aromatic rings. The van der Waals surface area contributed by atoms with Crippen LogP contribution in [-0.4, -0.2) is 33.5 Å². The van der Waals surface area contributed by atoms with Crippen LogP contribution in [0.2, 0.25) is 0 Å². The number of hydrogen-bond acceptors (Lipinski definition) is 5. The topological polar surface area (TPSA) is 73.3 Å². The Kier molecular flexibility index (Phi) is 5.29. The number of methoxy groups -OCH3 is 1. The molecule has 1 unspecified atom stereocenters. The first-order valence-corrected chi connectivity index (χ1v) is 9.39. The number of aromatic nitrogens is 3. The van der Waals surface area contributed by atoms with Crippen LogP contribution in [0.25, 0.3) is 11.3 Å². The third-order valence-electron chi connectivity index (χ3n) is 4.89. The predicted octanol–water partition coefficient (Wildman–Crippen LogP) is 3.27. The summed E-state index contributed by atoms with van der Waals surface area (Å²) in [4.78, 5) is 4.17. The van der Waals surface area contributed by atoms with Gasteiger partial charge in [-0.3, -0.25) is 0 Å². The standard InChI is InChI=1S/C22H23N3O3/c1-15(26)22-23-9-10-25(22)13-20-12-21(28-24-20)17-6-3-16(4-7-17)5-8-18-11-19(18)14-27-2/h3-4,6-7,9-10,12,15,18-19,26H,11,13-14H2,1-2H3/t15?,18-,19+/m1/s1. The van der Waals surface area contributed by atoms with Gasteiger partial charge in [-0.1, -0.05) is 17.0 Å². The molecular formula is C22H23N3O3. The quantitative estimate of drug-likeness (QED) is 0.668. The largest absolute Gasteiger partial charge is 0.385 e. The minimum atomic E-state index is -0.629. The Labute approximate surface area is 164 Å². The van der Waals surface area contributed by atoms with E-state index < -0.39 is 6.10 Å². The number of hydrogen-bond donors (Lipinski definition) is 1. The van der Waals surface area contributed by atoms with Crippen molar-refractivity contribution in [3.63, 3.8) is 0 Å². The summed E-state index contributed by atoms with van der Waals surface area (Å²) in [5.74, 6) is 8.92. The second-order valence-electron chi connectivity index (χ2n) is 7.18. The molecule has 1 fully saturated rings. The lowest BCUT2D eigenvalue weighted by molar-refractivity contribution is 0.183. The van der Waals surface area contributed by atoms with Crippen molar-refractivity contribution >= 4 is 0 Å². The zero-order valence-electron chi connectivity index (χ0n) is 16.0. The van der Waals surface area contributed by atoms with Crippen molar-refractivity contribution in [2.75, 3.05) is 13.7 Å². The molecule has 0 saturated heterocycles. The van der Waals surface area contributed by atoms with Crippen LogP contribution in [0.3, 0.4) is 0 Å². The summed E-state index contributed by atoms with van der Waals surface area (Å²) in [6.45, 7) is 2.99. The molecule has 0 spiro atoms. The number of imidazole rings is 1. The van der Waals surface area contributed by atoms with E-state index in [4.69, 9.17) is 9.26 Å². The van der Waals surface area contributed by atoms with Gasteiger partial charge < -0.3 is 18.9 Å². The van der Waals surface area contributed by atoms with Crippen LogP contribution < -0.4 is 0 Å². The number of aliphatic hydroxyl groups excluding tert-OH is 1. The average Bonchev–Trinajstić information content (AvgIpc) is 3.07. The first kappa shape index (κ1) is 18.5. The van der Waals surface area contributed by atoms with Gasteiger partial charge in [-0.2, -0.15) is 0 Å². The van der Waals surface area contributed by atoms with Crippen molar-refractivity contribution in [2.24, 2.45) is 11.8 Å². The second-order valence-corrected chi connectivity index (χ2v) is 7.18. The molecular weight excluding hydrogens is 354 g/mol. The third kappa shape index (κ3) is 4.16. The van der Waals surface area contributed by atoms with E-state index in [1.807, 2.05) is 41.1 Å². The number of nitrogens with zero attached hydrogens (tertiary/aromatic N) is 3. The highest BCUT2D eigenvalue weighted by molar-refractivity contribution is 5.59. The number of benzene rings is 1. The Hall–Kier alpha value is -2.88. The van der Waals surface area contributed by atoms with Crippen molar-refractivity contribution in [1.29, 1.82) is 0 Å². The highest BCUT2D eigenvalue weighted by Crippen LogP contribution is 2.37. The monoisotopic (exact) mass is 377 g/mol. The van der Waals surface area contributed by atoms with Crippen molar-refractivity contribution in [2.45, 2.75) is 26.0 Å². The van der Waals surface area contributed by atoms with Gasteiger partial charge in [0.05, 0.1) is 13.2 Å². The summed E-state index contributed by atoms with van der Waals surface area (Å²) in [5.41, 5.74) is 2.72. The van der Waals surface area contributed by atoms with Crippen LogP contribution in [0.5, 0.6) is 0 Å². The second kappa shape index (κ2) is 8.01. The van der Waals surface area contributed by atoms with E-state index in [0.717, 1.165) is 29.8 Å². The van der Waals surface area contributed by atoms with Crippen LogP contribution in [0.15, 0.2) is 47.2 Å². The van der Waals surface area contributed by atoms with Crippen LogP contribution >= 0.6 is 0 Å². The average molecular weight is 377 g/mol. The molecule has 1 N–H and O–H groups in total. The van der Waals surface area contributed by atoms with E-state index in [1.165, 1.54) is 0 Å². The van der Waals surface area contributed by atoms with E-state index in [2.05, 4.69) is 22.0 Å². The molecule has 2 heterocycles. The van der Waals surface area contributed by atoms with E-state index in [9.17, 15) is 5.11 Å². The summed E-state index contributed by atoms with van der Waals surface area (Å²) in [6.07, 6.45) is 3.99. The molecule has 0 amide bonds. The molecule has 6 nitrogen and oxygen atoms in total. The molecule has 0 radical (unpaired) electrons. The number of rotatable bonds is 6. The summed E-state index contributed by atoms with van der Waals surface area (Å²) in [5, 5.41) is 13.9. The van der Waals surface area contributed by atoms with Gasteiger partial charge in [0.25, 0.3) is 0 Å². The van der Waals surface area contributed by atoms with Gasteiger partial charge in [-0.25, -0.2) is 4.98 Å². The zero-order valence-corrected chi connectivity index (χ0v) is 16.0. The van der Waals surface area contributed by atoms with Gasteiger partial charge in [0.1, 0.15) is 17.6 Å². The van der Waals surface area contributed by atoms with E-state index in [0.29, 0.717) is 30.0 Å². The first-order valence-electron chi connectivity index (χ1n) is 9.39. The number of ether oxygens (including phenoxy) is 1. The van der Waals surface area contributed by atoms with Crippen molar-refractivity contribution in [1.82, 2.24) is 14.7 Å². The number of aliphatic hydroxyl groups is 1. The summed E-state index contributed by atoms with van der Waals surface area (Å²) >= 11 is 0. The molecule has 2 aromatic heterocycles. The summed E-state index contributed by atoms with van der Waals surface area (Å²) in [7, 11) is 1.73. The fraction of sp³-hybridized carbons (Fsp3) is 0.364. The van der Waals surface area contributed by atoms with Crippen LogP contribution in [0.1, 0.15) is 36.5 Å². The molecule has 144 valence electrons. The lowest BCUT2D eigenvalue weighted by atomic mass is 10.1. The highest BCUT2D eigenvalue weighted by Gasteiger charge is 2.35. The maximum atomic E-state index is 9.76. The van der Waals surface area contributed by atoms with Gasteiger partial charge in [0.2, 0.25) is 0 Å². The molecule has 0 aliphatic heterocycles. The van der Waals surface area contributed by atoms with E-state index in [1.54, 1.807) is 20.2 Å². The maximum absolute atomic E-state index is 9.76. The van der Waals surface area contributed by atoms with E-state index >= 15 is 0 Å². The highest BCUT2D eigenvalue weighted by atomic mass is 16.5. The summed E-state index contributed by atoms with van der Waals surface area (Å²) < 4.78 is 12.5. The molecule has 4 rings (SSSR count). The molecule has 28 heavy (non-hydrogen) atoms. The molecule has 1 aliphatic carbocycles. The van der Waals surface area contributed by atoms with Gasteiger partial charge in [0, 0.05) is 42.6 Å². The molecule has 1 aliphatic rings. The van der Waals surface area contributed by atoms with Crippen LogP contribution in [0.4, 0.5) is 0 Å². The Morgan fingerprint density at radius 2 is 2.18 bits per heavy atom. The smallest absolute Gasteiger partial charge is 0.167 e. The summed E-state index contributed by atoms with van der Waals surface area (Å²) in [6, 6.07) is 9.89. The van der Waals surface area contributed by atoms with Crippen molar-refractivity contribution in [3.8, 4) is 23.2 Å². The Morgan fingerprint density at radius 3 is 2.93 bits per heavy atom.